The number of hydrogen-bond donors (Lipinski definition) is 0. The van der Waals surface area contributed by atoms with Crippen LogP contribution in [-0.2, 0) is 10.3 Å². The minimum Gasteiger partial charge on any atom is -0.341 e. The Hall–Kier alpha value is -1.62. The van der Waals surface area contributed by atoms with Crippen LogP contribution in [0.15, 0.2) is 18.5 Å². The van der Waals surface area contributed by atoms with Crippen LogP contribution in [0.3, 0.4) is 0 Å². The van der Waals surface area contributed by atoms with Crippen LogP contribution < -0.4 is 0 Å². The summed E-state index contributed by atoms with van der Waals surface area (Å²) in [6.45, 7) is 12.2. The van der Waals surface area contributed by atoms with E-state index in [9.17, 15) is 4.79 Å². The van der Waals surface area contributed by atoms with Gasteiger partial charge < -0.3 is 4.90 Å². The first-order valence-electron chi connectivity index (χ1n) is 10.1. The average Bonchev–Trinajstić information content (AvgIpc) is 2.98. The van der Waals surface area contributed by atoms with E-state index in [2.05, 4.69) is 54.9 Å². The fourth-order valence-electron chi connectivity index (χ4n) is 3.87. The Bertz CT molecular complexity index is 647. The van der Waals surface area contributed by atoms with Gasteiger partial charge in [0.2, 0.25) is 5.91 Å². The van der Waals surface area contributed by atoms with Gasteiger partial charge in [-0.3, -0.25) is 14.4 Å². The standard InChI is InChI=1S/C21H34N4O/c1-17(20(26)24-11-7-5-6-8-12-24)23-13-9-18(10-14-23)19-15-22-25(16-19)21(2,3)4/h9,15-17H,5-8,10-14H2,1-4H3. The van der Waals surface area contributed by atoms with Crippen molar-refractivity contribution < 1.29 is 4.79 Å². The van der Waals surface area contributed by atoms with Gasteiger partial charge in [-0.15, -0.1) is 0 Å². The molecule has 144 valence electrons. The SMILES string of the molecule is CC(C(=O)N1CCCCCC1)N1CC=C(c2cnn(C(C)(C)C)c2)CC1. The number of amides is 1. The van der Waals surface area contributed by atoms with Crippen molar-refractivity contribution in [2.45, 2.75) is 71.4 Å². The van der Waals surface area contributed by atoms with Crippen molar-refractivity contribution in [1.82, 2.24) is 19.6 Å². The highest BCUT2D eigenvalue weighted by Crippen LogP contribution is 2.25. The Balaban J connectivity index is 1.61. The van der Waals surface area contributed by atoms with Crippen LogP contribution in [0.1, 0.15) is 65.4 Å². The molecule has 0 radical (unpaired) electrons. The summed E-state index contributed by atoms with van der Waals surface area (Å²) in [5.74, 6) is 0.310. The van der Waals surface area contributed by atoms with Gasteiger partial charge in [0.1, 0.15) is 0 Å². The van der Waals surface area contributed by atoms with E-state index in [1.165, 1.54) is 24.0 Å². The largest absolute Gasteiger partial charge is 0.341 e. The van der Waals surface area contributed by atoms with Crippen LogP contribution in [0.4, 0.5) is 0 Å². The fraction of sp³-hybridized carbons (Fsp3) is 0.714. The molecule has 1 aromatic heterocycles. The topological polar surface area (TPSA) is 41.4 Å². The number of nitrogens with zero attached hydrogens (tertiary/aromatic N) is 4. The number of aromatic nitrogens is 2. The Morgan fingerprint density at radius 2 is 1.81 bits per heavy atom. The summed E-state index contributed by atoms with van der Waals surface area (Å²) < 4.78 is 2.03. The summed E-state index contributed by atoms with van der Waals surface area (Å²) in [6, 6.07) is -0.0248. The molecule has 0 spiro atoms. The molecule has 0 bridgehead atoms. The number of carbonyl (C=O) groups is 1. The van der Waals surface area contributed by atoms with Gasteiger partial charge in [-0.1, -0.05) is 18.9 Å². The second-order valence-electron chi connectivity index (χ2n) is 8.73. The summed E-state index contributed by atoms with van der Waals surface area (Å²) in [7, 11) is 0. The molecule has 0 N–H and O–H groups in total. The zero-order valence-electron chi connectivity index (χ0n) is 16.9. The molecule has 1 fully saturated rings. The summed E-state index contributed by atoms with van der Waals surface area (Å²) in [5.41, 5.74) is 2.57. The molecule has 2 aliphatic heterocycles. The lowest BCUT2D eigenvalue weighted by Crippen LogP contribution is -2.48. The van der Waals surface area contributed by atoms with Crippen molar-refractivity contribution in [3.05, 3.63) is 24.0 Å². The van der Waals surface area contributed by atoms with E-state index in [1.807, 2.05) is 10.9 Å². The minimum absolute atomic E-state index is 0.00754. The molecule has 3 heterocycles. The number of carbonyl (C=O) groups excluding carboxylic acids is 1. The third-order valence-corrected chi connectivity index (χ3v) is 5.70. The number of hydrogen-bond acceptors (Lipinski definition) is 3. The molecular weight excluding hydrogens is 324 g/mol. The van der Waals surface area contributed by atoms with E-state index in [0.29, 0.717) is 5.91 Å². The van der Waals surface area contributed by atoms with Gasteiger partial charge in [0.25, 0.3) is 0 Å². The minimum atomic E-state index is -0.0248. The van der Waals surface area contributed by atoms with Crippen LogP contribution >= 0.6 is 0 Å². The maximum absolute atomic E-state index is 12.9. The van der Waals surface area contributed by atoms with Crippen LogP contribution in [0, 0.1) is 0 Å². The molecule has 1 saturated heterocycles. The summed E-state index contributed by atoms with van der Waals surface area (Å²) in [5, 5.41) is 4.52. The highest BCUT2D eigenvalue weighted by molar-refractivity contribution is 5.81. The van der Waals surface area contributed by atoms with Crippen molar-refractivity contribution in [2.24, 2.45) is 0 Å². The normalized spacial score (nSPS) is 21.2. The molecule has 1 amide bonds. The Kier molecular flexibility index (Phi) is 5.86. The van der Waals surface area contributed by atoms with Gasteiger partial charge in [-0.2, -0.15) is 5.10 Å². The zero-order valence-corrected chi connectivity index (χ0v) is 16.9. The smallest absolute Gasteiger partial charge is 0.239 e. The lowest BCUT2D eigenvalue weighted by atomic mass is 10.0. The van der Waals surface area contributed by atoms with Gasteiger partial charge in [0, 0.05) is 37.9 Å². The maximum atomic E-state index is 12.9. The van der Waals surface area contributed by atoms with Gasteiger partial charge in [0.05, 0.1) is 17.8 Å². The van der Waals surface area contributed by atoms with E-state index >= 15 is 0 Å². The average molecular weight is 359 g/mol. The molecule has 0 aliphatic carbocycles. The third kappa shape index (κ3) is 4.37. The molecule has 0 saturated carbocycles. The molecule has 0 aromatic carbocycles. The molecule has 1 aromatic rings. The highest BCUT2D eigenvalue weighted by Gasteiger charge is 2.28. The van der Waals surface area contributed by atoms with Crippen LogP contribution in [0.2, 0.25) is 0 Å². The van der Waals surface area contributed by atoms with Crippen LogP contribution in [-0.4, -0.2) is 57.7 Å². The van der Waals surface area contributed by atoms with Gasteiger partial charge in [-0.05, 0) is 52.5 Å². The molecular formula is C21H34N4O. The molecule has 3 rings (SSSR count). The Labute approximate surface area is 158 Å². The van der Waals surface area contributed by atoms with E-state index in [-0.39, 0.29) is 11.6 Å². The molecule has 5 heteroatoms. The second kappa shape index (κ2) is 7.95. The zero-order chi connectivity index (χ0) is 18.7. The monoisotopic (exact) mass is 358 g/mol. The maximum Gasteiger partial charge on any atom is 0.239 e. The van der Waals surface area contributed by atoms with Crippen LogP contribution in [0.5, 0.6) is 0 Å². The third-order valence-electron chi connectivity index (χ3n) is 5.70. The van der Waals surface area contributed by atoms with Crippen molar-refractivity contribution in [3.63, 3.8) is 0 Å². The first kappa shape index (κ1) is 19.2. The quantitative estimate of drug-likeness (QED) is 0.830. The van der Waals surface area contributed by atoms with E-state index < -0.39 is 0 Å². The molecule has 26 heavy (non-hydrogen) atoms. The number of likely N-dealkylation sites (tertiary alicyclic amines) is 1. The van der Waals surface area contributed by atoms with Crippen LogP contribution in [0.25, 0.3) is 5.57 Å². The summed E-state index contributed by atoms with van der Waals surface area (Å²) >= 11 is 0. The summed E-state index contributed by atoms with van der Waals surface area (Å²) in [6.07, 6.45) is 12.2. The first-order chi connectivity index (χ1) is 12.4. The van der Waals surface area contributed by atoms with E-state index in [0.717, 1.165) is 45.4 Å². The van der Waals surface area contributed by atoms with Crippen molar-refractivity contribution in [2.75, 3.05) is 26.2 Å². The van der Waals surface area contributed by atoms with Gasteiger partial charge in [0.15, 0.2) is 0 Å². The van der Waals surface area contributed by atoms with Crippen molar-refractivity contribution >= 4 is 11.5 Å². The Morgan fingerprint density at radius 3 is 2.35 bits per heavy atom. The lowest BCUT2D eigenvalue weighted by molar-refractivity contribution is -0.136. The molecule has 1 unspecified atom stereocenters. The van der Waals surface area contributed by atoms with Crippen molar-refractivity contribution in [3.8, 4) is 0 Å². The molecule has 1 atom stereocenters. The fourth-order valence-corrected chi connectivity index (χ4v) is 3.87. The lowest BCUT2D eigenvalue weighted by Gasteiger charge is -2.34. The summed E-state index contributed by atoms with van der Waals surface area (Å²) in [4.78, 5) is 17.3. The second-order valence-corrected chi connectivity index (χ2v) is 8.73. The molecule has 2 aliphatic rings. The molecule has 5 nitrogen and oxygen atoms in total. The van der Waals surface area contributed by atoms with Gasteiger partial charge in [-0.25, -0.2) is 0 Å². The highest BCUT2D eigenvalue weighted by atomic mass is 16.2. The van der Waals surface area contributed by atoms with Crippen molar-refractivity contribution in [1.29, 1.82) is 0 Å². The first-order valence-corrected chi connectivity index (χ1v) is 10.1. The predicted octanol–water partition coefficient (Wildman–Crippen LogP) is 3.52. The number of rotatable bonds is 3. The Morgan fingerprint density at radius 1 is 1.12 bits per heavy atom. The van der Waals surface area contributed by atoms with Gasteiger partial charge >= 0.3 is 0 Å². The predicted molar refractivity (Wildman–Crippen MR) is 106 cm³/mol. The van der Waals surface area contributed by atoms with E-state index in [1.54, 1.807) is 0 Å². The van der Waals surface area contributed by atoms with E-state index in [4.69, 9.17) is 0 Å².